The van der Waals surface area contributed by atoms with Crippen molar-refractivity contribution in [3.8, 4) is 5.75 Å². The first-order valence-corrected chi connectivity index (χ1v) is 14.6. The molecule has 4 aromatic rings. The molecule has 4 aromatic carbocycles. The molecule has 0 spiro atoms. The number of carboxylic acids is 1. The third-order valence-electron chi connectivity index (χ3n) is 6.97. The largest absolute Gasteiger partial charge is 0.493 e. The summed E-state index contributed by atoms with van der Waals surface area (Å²) in [5.74, 6) is -0.517. The highest BCUT2D eigenvalue weighted by Crippen LogP contribution is 2.36. The molecule has 0 aromatic heterocycles. The number of rotatable bonds is 13. The van der Waals surface area contributed by atoms with Crippen LogP contribution in [0.25, 0.3) is 0 Å². The van der Waals surface area contributed by atoms with Crippen LogP contribution in [0.2, 0.25) is 0 Å². The molecular formula is C34H34Cl2F3NO4. The number of hydrogen-bond acceptors (Lipinski definition) is 4. The number of benzene rings is 4. The number of halogens is 5. The highest BCUT2D eigenvalue weighted by molar-refractivity contribution is 6.20. The quantitative estimate of drug-likeness (QED) is 0.112. The Kier molecular flexibility index (Phi) is 13.5. The van der Waals surface area contributed by atoms with Crippen LogP contribution in [-0.4, -0.2) is 40.3 Å². The van der Waals surface area contributed by atoms with E-state index in [0.717, 1.165) is 23.3 Å². The van der Waals surface area contributed by atoms with Crippen molar-refractivity contribution in [2.24, 2.45) is 5.92 Å². The maximum atomic E-state index is 13.5. The van der Waals surface area contributed by atoms with E-state index in [9.17, 15) is 18.0 Å². The molecule has 0 bridgehead atoms. The van der Waals surface area contributed by atoms with Crippen molar-refractivity contribution in [2.75, 3.05) is 19.7 Å². The Morgan fingerprint density at radius 1 is 0.818 bits per heavy atom. The molecule has 0 saturated heterocycles. The van der Waals surface area contributed by atoms with E-state index >= 15 is 0 Å². The second-order valence-corrected chi connectivity index (χ2v) is 10.8. The van der Waals surface area contributed by atoms with Crippen LogP contribution >= 0.6 is 23.5 Å². The number of nitrogens with zero attached hydrogens (tertiary/aromatic N) is 1. The molecule has 2 N–H and O–H groups in total. The van der Waals surface area contributed by atoms with Gasteiger partial charge in [-0.1, -0.05) is 91.9 Å². The fourth-order valence-corrected chi connectivity index (χ4v) is 5.25. The normalized spacial score (nSPS) is 12.8. The Bertz CT molecular complexity index is 1400. The van der Waals surface area contributed by atoms with Gasteiger partial charge in [-0.2, -0.15) is 13.2 Å². The smallest absolute Gasteiger partial charge is 0.416 e. The van der Waals surface area contributed by atoms with E-state index in [2.05, 4.69) is 11.9 Å². The molecule has 5 nitrogen and oxygen atoms in total. The molecule has 2 unspecified atom stereocenters. The van der Waals surface area contributed by atoms with Gasteiger partial charge in [0.1, 0.15) is 11.3 Å². The summed E-state index contributed by atoms with van der Waals surface area (Å²) >= 11 is 10.6. The van der Waals surface area contributed by atoms with Crippen LogP contribution in [0.1, 0.15) is 46.2 Å². The topological polar surface area (TPSA) is 70.0 Å². The lowest BCUT2D eigenvalue weighted by atomic mass is 9.90. The SMILES string of the molecule is CC(COc1cccc(CC(=O)O)c1)CN(CC(c1ccccc1)c1ccccc1)C(Cl)c1cccc(C(F)(F)F)c1.OCl. The van der Waals surface area contributed by atoms with E-state index in [1.54, 1.807) is 30.3 Å². The molecule has 0 fully saturated rings. The minimum absolute atomic E-state index is 0.0626. The fourth-order valence-electron chi connectivity index (χ4n) is 4.95. The first-order chi connectivity index (χ1) is 21.1. The van der Waals surface area contributed by atoms with Crippen molar-refractivity contribution < 1.29 is 32.5 Å². The zero-order valence-corrected chi connectivity index (χ0v) is 25.5. The van der Waals surface area contributed by atoms with Crippen LogP contribution in [-0.2, 0) is 17.4 Å². The third-order valence-corrected chi connectivity index (χ3v) is 7.49. The molecule has 0 aliphatic heterocycles. The van der Waals surface area contributed by atoms with E-state index in [0.29, 0.717) is 36.6 Å². The molecule has 234 valence electrons. The Morgan fingerprint density at radius 2 is 1.39 bits per heavy atom. The average molecular weight is 649 g/mol. The van der Waals surface area contributed by atoms with Gasteiger partial charge in [0.25, 0.3) is 0 Å². The van der Waals surface area contributed by atoms with E-state index in [1.165, 1.54) is 6.07 Å². The predicted octanol–water partition coefficient (Wildman–Crippen LogP) is 8.55. The summed E-state index contributed by atoms with van der Waals surface area (Å²) in [6, 6.07) is 32.0. The van der Waals surface area contributed by atoms with Crippen molar-refractivity contribution in [2.45, 2.75) is 30.9 Å². The van der Waals surface area contributed by atoms with Crippen molar-refractivity contribution in [3.63, 3.8) is 0 Å². The van der Waals surface area contributed by atoms with Crippen LogP contribution in [0, 0.1) is 5.92 Å². The van der Waals surface area contributed by atoms with Gasteiger partial charge in [0.15, 0.2) is 0 Å². The second-order valence-electron chi connectivity index (χ2n) is 10.4. The van der Waals surface area contributed by atoms with Crippen LogP contribution < -0.4 is 4.74 Å². The lowest BCUT2D eigenvalue weighted by Crippen LogP contribution is -2.36. The minimum Gasteiger partial charge on any atom is -0.493 e. The minimum atomic E-state index is -4.48. The van der Waals surface area contributed by atoms with Gasteiger partial charge in [-0.25, -0.2) is 0 Å². The van der Waals surface area contributed by atoms with Crippen molar-refractivity contribution in [1.82, 2.24) is 4.90 Å². The van der Waals surface area contributed by atoms with E-state index in [-0.39, 0.29) is 18.3 Å². The maximum Gasteiger partial charge on any atom is 0.416 e. The lowest BCUT2D eigenvalue weighted by Gasteiger charge is -2.34. The molecule has 0 heterocycles. The molecule has 0 amide bonds. The Balaban J connectivity index is 0.00000259. The summed E-state index contributed by atoms with van der Waals surface area (Å²) in [4.78, 5) is 13.1. The van der Waals surface area contributed by atoms with E-state index in [4.69, 9.17) is 26.1 Å². The molecule has 0 aliphatic carbocycles. The average Bonchev–Trinajstić information content (AvgIpc) is 3.03. The summed E-state index contributed by atoms with van der Waals surface area (Å²) < 4.78 is 53.1. The van der Waals surface area contributed by atoms with Crippen LogP contribution in [0.15, 0.2) is 109 Å². The molecule has 2 atom stereocenters. The van der Waals surface area contributed by atoms with Crippen molar-refractivity contribution in [1.29, 1.82) is 0 Å². The van der Waals surface area contributed by atoms with E-state index < -0.39 is 23.2 Å². The van der Waals surface area contributed by atoms with Gasteiger partial charge in [-0.05, 0) is 46.5 Å². The van der Waals surface area contributed by atoms with Gasteiger partial charge in [0.2, 0.25) is 0 Å². The summed E-state index contributed by atoms with van der Waals surface area (Å²) in [5, 5.41) is 9.10. The van der Waals surface area contributed by atoms with Gasteiger partial charge in [0.05, 0.1) is 30.5 Å². The van der Waals surface area contributed by atoms with Crippen molar-refractivity contribution >= 4 is 29.4 Å². The number of ether oxygens (including phenoxy) is 1. The second kappa shape index (κ2) is 17.1. The van der Waals surface area contributed by atoms with Crippen molar-refractivity contribution in [3.05, 3.63) is 137 Å². The highest BCUT2D eigenvalue weighted by atomic mass is 35.5. The van der Waals surface area contributed by atoms with E-state index in [1.807, 2.05) is 72.5 Å². The zero-order chi connectivity index (χ0) is 32.1. The summed E-state index contributed by atoms with van der Waals surface area (Å²) in [6.45, 7) is 3.19. The molecule has 0 saturated carbocycles. The maximum absolute atomic E-state index is 13.5. The van der Waals surface area contributed by atoms with Crippen LogP contribution in [0.3, 0.4) is 0 Å². The Hall–Kier alpha value is -3.56. The summed E-state index contributed by atoms with van der Waals surface area (Å²) in [5.41, 5.74) is 1.56. The summed E-state index contributed by atoms with van der Waals surface area (Å²) in [7, 11) is 0. The monoisotopic (exact) mass is 647 g/mol. The standard InChI is InChI=1S/C34H33ClF3NO3.ClHO/c1-24(23-42-30-17-8-10-25(18-30)19-32(40)41)21-39(33(35)28-15-9-16-29(20-28)34(36,37)38)22-31(26-11-4-2-5-12-26)27-13-6-3-7-14-27;1-2/h2-18,20,24,31,33H,19,21-23H2,1H3,(H,40,41);2H. The number of carbonyl (C=O) groups is 1. The number of alkyl halides is 4. The predicted molar refractivity (Wildman–Crippen MR) is 167 cm³/mol. The molecule has 0 aliphatic rings. The van der Waals surface area contributed by atoms with Gasteiger partial charge in [-0.3, -0.25) is 14.4 Å². The molecular weight excluding hydrogens is 614 g/mol. The Labute approximate surface area is 265 Å². The van der Waals surface area contributed by atoms with Gasteiger partial charge < -0.3 is 9.84 Å². The number of carboxylic acid groups (broad SMARTS) is 1. The Morgan fingerprint density at radius 3 is 1.95 bits per heavy atom. The number of aliphatic carboxylic acids is 1. The van der Waals surface area contributed by atoms with Gasteiger partial charge in [-0.15, -0.1) is 11.6 Å². The molecule has 10 heteroatoms. The lowest BCUT2D eigenvalue weighted by molar-refractivity contribution is -0.138. The van der Waals surface area contributed by atoms with Crippen LogP contribution in [0.5, 0.6) is 5.75 Å². The zero-order valence-electron chi connectivity index (χ0n) is 24.0. The third kappa shape index (κ3) is 10.6. The summed E-state index contributed by atoms with van der Waals surface area (Å²) in [6.07, 6.45) is -4.59. The first kappa shape index (κ1) is 34.9. The number of hydrogen-bond donors (Lipinski definition) is 2. The van der Waals surface area contributed by atoms with Gasteiger partial charge >= 0.3 is 12.1 Å². The fraction of sp³-hybridized carbons (Fsp3) is 0.265. The molecule has 44 heavy (non-hydrogen) atoms. The van der Waals surface area contributed by atoms with Gasteiger partial charge in [0, 0.05) is 24.9 Å². The first-order valence-electron chi connectivity index (χ1n) is 13.9. The molecule has 4 rings (SSSR count). The molecule has 0 radical (unpaired) electrons. The van der Waals surface area contributed by atoms with Crippen LogP contribution in [0.4, 0.5) is 13.2 Å². The highest BCUT2D eigenvalue weighted by Gasteiger charge is 2.32.